The van der Waals surface area contributed by atoms with Crippen LogP contribution in [0.2, 0.25) is 0 Å². The lowest BCUT2D eigenvalue weighted by atomic mass is 10.3. The van der Waals surface area contributed by atoms with Crippen LogP contribution in [0.3, 0.4) is 0 Å². The van der Waals surface area contributed by atoms with Crippen LogP contribution in [-0.2, 0) is 11.4 Å². The molecule has 0 aliphatic rings. The highest BCUT2D eigenvalue weighted by atomic mass is 32.2. The highest BCUT2D eigenvalue weighted by molar-refractivity contribution is 7.91. The Bertz CT molecular complexity index is 438. The summed E-state index contributed by atoms with van der Waals surface area (Å²) < 4.78 is 55.5. The van der Waals surface area contributed by atoms with Gasteiger partial charge < -0.3 is 9.29 Å². The maximum absolute atomic E-state index is 11.9. The quantitative estimate of drug-likeness (QED) is 0.630. The Labute approximate surface area is 116 Å². The summed E-state index contributed by atoms with van der Waals surface area (Å²) in [5.74, 6) is 0. The van der Waals surface area contributed by atoms with E-state index in [1.807, 2.05) is 0 Å². The van der Waals surface area contributed by atoms with Gasteiger partial charge in [0.15, 0.2) is 11.7 Å². The highest BCUT2D eigenvalue weighted by Gasteiger charge is 2.28. The van der Waals surface area contributed by atoms with Crippen molar-refractivity contribution < 1.29 is 22.5 Å². The second-order valence-corrected chi connectivity index (χ2v) is 7.67. The first-order valence-electron chi connectivity index (χ1n) is 5.33. The number of alkyl halides is 3. The lowest BCUT2D eigenvalue weighted by Gasteiger charge is -2.17. The summed E-state index contributed by atoms with van der Waals surface area (Å²) in [4.78, 5) is 0.592. The van der Waals surface area contributed by atoms with Crippen LogP contribution in [0.1, 0.15) is 25.6 Å². The molecular formula is C11H14F3NO2S2. The number of thiophene rings is 1. The van der Waals surface area contributed by atoms with Gasteiger partial charge in [-0.3, -0.25) is 0 Å². The Morgan fingerprint density at radius 1 is 1.37 bits per heavy atom. The molecule has 0 radical (unpaired) electrons. The largest absolute Gasteiger partial charge is 0.591 e. The van der Waals surface area contributed by atoms with Crippen LogP contribution in [0.15, 0.2) is 16.5 Å². The molecule has 1 unspecified atom stereocenters. The van der Waals surface area contributed by atoms with Gasteiger partial charge in [-0.2, -0.15) is 13.2 Å². The Morgan fingerprint density at radius 3 is 2.53 bits per heavy atom. The molecule has 0 fully saturated rings. The standard InChI is InChI=1S/C11H14F3NO2S2/c1-10(2,3)19(16)15-6-8-4-5-9(18-8)17-7-11(12,13)14/h4-6H,7H2,1-3H3/b15-6-. The number of nitrogens with zero attached hydrogens (tertiary/aromatic N) is 1. The molecule has 1 aromatic heterocycles. The van der Waals surface area contributed by atoms with Gasteiger partial charge in [-0.25, -0.2) is 0 Å². The van der Waals surface area contributed by atoms with Gasteiger partial charge >= 0.3 is 6.18 Å². The van der Waals surface area contributed by atoms with E-state index in [4.69, 9.17) is 0 Å². The van der Waals surface area contributed by atoms with Crippen molar-refractivity contribution in [2.75, 3.05) is 6.61 Å². The van der Waals surface area contributed by atoms with Gasteiger partial charge in [-0.15, -0.1) is 0 Å². The third-order valence-electron chi connectivity index (χ3n) is 1.78. The zero-order valence-electron chi connectivity index (χ0n) is 10.7. The first-order chi connectivity index (χ1) is 8.58. The summed E-state index contributed by atoms with van der Waals surface area (Å²) in [7, 11) is 0. The first kappa shape index (κ1) is 16.3. The van der Waals surface area contributed by atoms with E-state index in [-0.39, 0.29) is 5.06 Å². The monoisotopic (exact) mass is 313 g/mol. The fraction of sp³-hybridized carbons (Fsp3) is 0.545. The minimum atomic E-state index is -4.36. The van der Waals surface area contributed by atoms with E-state index in [1.165, 1.54) is 12.3 Å². The molecule has 0 aromatic carbocycles. The molecule has 0 bridgehead atoms. The summed E-state index contributed by atoms with van der Waals surface area (Å²) in [5.41, 5.74) is 0. The van der Waals surface area contributed by atoms with E-state index >= 15 is 0 Å². The van der Waals surface area contributed by atoms with Gasteiger partial charge in [0.25, 0.3) is 0 Å². The van der Waals surface area contributed by atoms with Crippen LogP contribution in [0.25, 0.3) is 0 Å². The predicted molar refractivity (Wildman–Crippen MR) is 71.4 cm³/mol. The Morgan fingerprint density at radius 2 is 2.00 bits per heavy atom. The topological polar surface area (TPSA) is 44.7 Å². The number of halogens is 3. The number of hydrogen-bond acceptors (Lipinski definition) is 4. The van der Waals surface area contributed by atoms with Gasteiger partial charge in [0, 0.05) is 0 Å². The molecule has 1 heterocycles. The number of rotatable bonds is 4. The van der Waals surface area contributed by atoms with Crippen molar-refractivity contribution in [2.24, 2.45) is 4.40 Å². The molecule has 0 saturated heterocycles. The van der Waals surface area contributed by atoms with Crippen molar-refractivity contribution in [3.63, 3.8) is 0 Å². The summed E-state index contributed by atoms with van der Waals surface area (Å²) in [5, 5.41) is 0.153. The van der Waals surface area contributed by atoms with Crippen molar-refractivity contribution in [3.05, 3.63) is 17.0 Å². The molecule has 8 heteroatoms. The summed E-state index contributed by atoms with van der Waals surface area (Å²) >= 11 is -0.371. The molecule has 19 heavy (non-hydrogen) atoms. The van der Waals surface area contributed by atoms with Gasteiger partial charge in [-0.1, -0.05) is 15.7 Å². The zero-order valence-corrected chi connectivity index (χ0v) is 12.3. The van der Waals surface area contributed by atoms with Crippen molar-refractivity contribution in [3.8, 4) is 5.06 Å². The minimum absolute atomic E-state index is 0.153. The van der Waals surface area contributed by atoms with Crippen LogP contribution >= 0.6 is 11.3 Å². The Balaban J connectivity index is 2.58. The fourth-order valence-electron chi connectivity index (χ4n) is 0.892. The van der Waals surface area contributed by atoms with Crippen molar-refractivity contribution in [2.45, 2.75) is 31.7 Å². The van der Waals surface area contributed by atoms with Crippen LogP contribution < -0.4 is 4.74 Å². The molecule has 0 N–H and O–H groups in total. The predicted octanol–water partition coefficient (Wildman–Crippen LogP) is 3.57. The molecule has 3 nitrogen and oxygen atoms in total. The van der Waals surface area contributed by atoms with Crippen molar-refractivity contribution in [1.29, 1.82) is 0 Å². The van der Waals surface area contributed by atoms with Crippen LogP contribution in [0, 0.1) is 0 Å². The fourth-order valence-corrected chi connectivity index (χ4v) is 2.21. The van der Waals surface area contributed by atoms with Crippen LogP contribution in [-0.4, -0.2) is 28.3 Å². The maximum atomic E-state index is 11.9. The molecule has 0 aliphatic carbocycles. The average molecular weight is 313 g/mol. The Kier molecular flexibility index (Phi) is 5.28. The molecule has 108 valence electrons. The smallest absolute Gasteiger partial charge is 0.422 e. The van der Waals surface area contributed by atoms with Gasteiger partial charge in [0.05, 0.1) is 11.1 Å². The molecule has 1 rings (SSSR count). The molecule has 1 atom stereocenters. The normalized spacial score (nSPS) is 14.9. The number of ether oxygens (including phenoxy) is 1. The maximum Gasteiger partial charge on any atom is 0.422 e. The molecular weight excluding hydrogens is 299 g/mol. The van der Waals surface area contributed by atoms with Crippen LogP contribution in [0.5, 0.6) is 5.06 Å². The van der Waals surface area contributed by atoms with E-state index in [2.05, 4.69) is 9.13 Å². The van der Waals surface area contributed by atoms with Crippen molar-refractivity contribution in [1.82, 2.24) is 0 Å². The minimum Gasteiger partial charge on any atom is -0.591 e. The van der Waals surface area contributed by atoms with E-state index < -0.39 is 28.9 Å². The first-order valence-corrected chi connectivity index (χ1v) is 7.26. The van der Waals surface area contributed by atoms with Crippen molar-refractivity contribution >= 4 is 28.9 Å². The second kappa shape index (κ2) is 6.15. The molecule has 0 amide bonds. The van der Waals surface area contributed by atoms with Crippen LogP contribution in [0.4, 0.5) is 13.2 Å². The number of hydrogen-bond donors (Lipinski definition) is 0. The summed E-state index contributed by atoms with van der Waals surface area (Å²) in [6, 6.07) is 3.00. The third-order valence-corrected chi connectivity index (χ3v) is 4.06. The lowest BCUT2D eigenvalue weighted by Crippen LogP contribution is -2.25. The second-order valence-electron chi connectivity index (χ2n) is 4.66. The van der Waals surface area contributed by atoms with E-state index in [1.54, 1.807) is 26.8 Å². The highest BCUT2D eigenvalue weighted by Crippen LogP contribution is 2.26. The molecule has 0 saturated carbocycles. The van der Waals surface area contributed by atoms with Gasteiger partial charge in [-0.05, 0) is 32.9 Å². The van der Waals surface area contributed by atoms with E-state index in [0.717, 1.165) is 11.3 Å². The van der Waals surface area contributed by atoms with Gasteiger partial charge in [0.1, 0.15) is 16.1 Å². The van der Waals surface area contributed by atoms with E-state index in [9.17, 15) is 17.7 Å². The SMILES string of the molecule is CC(C)(C)[S+]([O-])/N=C\c1ccc(OCC(F)(F)F)s1. The van der Waals surface area contributed by atoms with Gasteiger partial charge in [0.2, 0.25) is 0 Å². The lowest BCUT2D eigenvalue weighted by molar-refractivity contribution is -0.152. The zero-order chi connectivity index (χ0) is 14.7. The summed E-state index contributed by atoms with van der Waals surface area (Å²) in [6.45, 7) is 4.03. The Hall–Kier alpha value is -0.730. The molecule has 0 spiro atoms. The summed E-state index contributed by atoms with van der Waals surface area (Å²) in [6.07, 6.45) is -2.97. The van der Waals surface area contributed by atoms with E-state index in [0.29, 0.717) is 4.88 Å². The third kappa shape index (κ3) is 6.31. The molecule has 1 aromatic rings. The molecule has 0 aliphatic heterocycles. The average Bonchev–Trinajstić information content (AvgIpc) is 2.68.